The lowest BCUT2D eigenvalue weighted by atomic mass is 9.83. The quantitative estimate of drug-likeness (QED) is 0.668. The van der Waals surface area contributed by atoms with Gasteiger partial charge in [0.1, 0.15) is 0 Å². The van der Waals surface area contributed by atoms with Crippen molar-refractivity contribution >= 4 is 27.2 Å². The number of carbonyl (C=O) groups excluding carboxylic acids is 1. The fourth-order valence-corrected chi connectivity index (χ4v) is 3.70. The van der Waals surface area contributed by atoms with Crippen molar-refractivity contribution in [2.45, 2.75) is 40.5 Å². The fraction of sp³-hybridized carbons (Fsp3) is 0.471. The van der Waals surface area contributed by atoms with E-state index >= 15 is 0 Å². The van der Waals surface area contributed by atoms with E-state index in [1.165, 1.54) is 4.70 Å². The number of carbonyl (C=O) groups is 1. The Morgan fingerprint density at radius 2 is 1.95 bits per heavy atom. The molecule has 102 valence electrons. The minimum atomic E-state index is 0.286. The normalized spacial score (nSPS) is 13.7. The van der Waals surface area contributed by atoms with Crippen LogP contribution in [0, 0.1) is 11.3 Å². The van der Waals surface area contributed by atoms with Gasteiger partial charge in [-0.2, -0.15) is 0 Å². The zero-order chi connectivity index (χ0) is 14.0. The minimum Gasteiger partial charge on any atom is -0.294 e. The molecular weight excluding hydrogens is 252 g/mol. The molecule has 0 spiro atoms. The van der Waals surface area contributed by atoms with Crippen molar-refractivity contribution in [3.63, 3.8) is 0 Å². The van der Waals surface area contributed by atoms with Crippen LogP contribution in [0.5, 0.6) is 0 Å². The summed E-state index contributed by atoms with van der Waals surface area (Å²) in [6.07, 6.45) is 1.73. The van der Waals surface area contributed by atoms with Crippen LogP contribution >= 0.6 is 11.3 Å². The molecule has 2 heteroatoms. The second kappa shape index (κ2) is 5.46. The Hall–Kier alpha value is -1.15. The summed E-state index contributed by atoms with van der Waals surface area (Å²) < 4.78 is 1.20. The lowest BCUT2D eigenvalue weighted by Gasteiger charge is -2.22. The minimum absolute atomic E-state index is 0.286. The van der Waals surface area contributed by atoms with Gasteiger partial charge in [-0.15, -0.1) is 11.3 Å². The Morgan fingerprint density at radius 3 is 2.63 bits per heavy atom. The van der Waals surface area contributed by atoms with Crippen LogP contribution in [0.3, 0.4) is 0 Å². The summed E-state index contributed by atoms with van der Waals surface area (Å²) >= 11 is 1.66. The molecule has 1 nitrogen and oxygen atoms in total. The maximum Gasteiger partial charge on any atom is 0.164 e. The third-order valence-electron chi connectivity index (χ3n) is 3.28. The van der Waals surface area contributed by atoms with Gasteiger partial charge in [0.05, 0.1) is 0 Å². The van der Waals surface area contributed by atoms with E-state index in [-0.39, 0.29) is 11.2 Å². The Labute approximate surface area is 119 Å². The van der Waals surface area contributed by atoms with Crippen LogP contribution in [0.15, 0.2) is 29.6 Å². The van der Waals surface area contributed by atoms with E-state index in [9.17, 15) is 4.79 Å². The van der Waals surface area contributed by atoms with Crippen molar-refractivity contribution in [3.8, 4) is 0 Å². The molecule has 0 N–H and O–H groups in total. The second-order valence-electron chi connectivity index (χ2n) is 6.64. The van der Waals surface area contributed by atoms with E-state index in [4.69, 9.17) is 0 Å². The molecule has 1 aromatic heterocycles. The molecule has 1 unspecified atom stereocenters. The maximum atomic E-state index is 12.4. The van der Waals surface area contributed by atoms with E-state index in [0.29, 0.717) is 12.3 Å². The second-order valence-corrected chi connectivity index (χ2v) is 7.55. The van der Waals surface area contributed by atoms with Crippen molar-refractivity contribution in [1.29, 1.82) is 0 Å². The number of thiophene rings is 1. The van der Waals surface area contributed by atoms with Gasteiger partial charge in [-0.05, 0) is 23.8 Å². The van der Waals surface area contributed by atoms with Gasteiger partial charge in [0.25, 0.3) is 0 Å². The van der Waals surface area contributed by atoms with Crippen molar-refractivity contribution in [1.82, 2.24) is 0 Å². The zero-order valence-electron chi connectivity index (χ0n) is 12.2. The smallest absolute Gasteiger partial charge is 0.164 e. The first-order valence-electron chi connectivity index (χ1n) is 6.86. The third kappa shape index (κ3) is 3.66. The first-order chi connectivity index (χ1) is 8.87. The molecule has 0 saturated heterocycles. The molecule has 0 aliphatic carbocycles. The van der Waals surface area contributed by atoms with E-state index in [1.54, 1.807) is 11.3 Å². The summed E-state index contributed by atoms with van der Waals surface area (Å²) in [5.41, 5.74) is 1.19. The Morgan fingerprint density at radius 1 is 1.26 bits per heavy atom. The molecule has 0 bridgehead atoms. The average Bonchev–Trinajstić information content (AvgIpc) is 2.69. The van der Waals surface area contributed by atoms with Crippen LogP contribution in [0.25, 0.3) is 10.1 Å². The molecule has 0 radical (unpaired) electrons. The first kappa shape index (κ1) is 14.3. The van der Waals surface area contributed by atoms with Crippen molar-refractivity contribution in [3.05, 3.63) is 35.2 Å². The molecule has 1 aromatic carbocycles. The highest BCUT2D eigenvalue weighted by atomic mass is 32.1. The summed E-state index contributed by atoms with van der Waals surface area (Å²) in [7, 11) is 0. The predicted molar refractivity (Wildman–Crippen MR) is 84.0 cm³/mol. The van der Waals surface area contributed by atoms with Crippen LogP contribution in [-0.4, -0.2) is 5.78 Å². The maximum absolute atomic E-state index is 12.4. The number of hydrogen-bond acceptors (Lipinski definition) is 2. The molecule has 0 aliphatic heterocycles. The molecule has 2 aromatic rings. The van der Waals surface area contributed by atoms with E-state index in [1.807, 2.05) is 23.6 Å². The lowest BCUT2D eigenvalue weighted by molar-refractivity contribution is 0.0956. The number of Topliss-reactive ketones (excluding diaryl/α,β-unsaturated/α-hetero) is 1. The molecule has 0 fully saturated rings. The number of ketones is 1. The molecule has 1 heterocycles. The summed E-state index contributed by atoms with van der Waals surface area (Å²) in [4.78, 5) is 12.4. The SMILES string of the molecule is CC(CC(=O)c1csc2ccccc12)CC(C)(C)C. The summed E-state index contributed by atoms with van der Waals surface area (Å²) in [6.45, 7) is 8.87. The summed E-state index contributed by atoms with van der Waals surface area (Å²) in [6, 6.07) is 8.16. The van der Waals surface area contributed by atoms with Crippen LogP contribution in [0.1, 0.15) is 50.9 Å². The molecule has 0 saturated carbocycles. The van der Waals surface area contributed by atoms with Gasteiger partial charge in [-0.25, -0.2) is 0 Å². The van der Waals surface area contributed by atoms with Gasteiger partial charge in [0, 0.05) is 27.5 Å². The Balaban J connectivity index is 2.12. The molecule has 1 atom stereocenters. The van der Waals surface area contributed by atoms with Crippen LogP contribution in [0.4, 0.5) is 0 Å². The standard InChI is InChI=1S/C17H22OS/c1-12(10-17(2,3)4)9-15(18)14-11-19-16-8-6-5-7-13(14)16/h5-8,11-12H,9-10H2,1-4H3. The molecule has 19 heavy (non-hydrogen) atoms. The van der Waals surface area contributed by atoms with Crippen molar-refractivity contribution in [2.24, 2.45) is 11.3 Å². The van der Waals surface area contributed by atoms with Crippen molar-refractivity contribution < 1.29 is 4.79 Å². The number of hydrogen-bond donors (Lipinski definition) is 0. The van der Waals surface area contributed by atoms with Gasteiger partial charge in [0.15, 0.2) is 5.78 Å². The highest BCUT2D eigenvalue weighted by molar-refractivity contribution is 7.17. The zero-order valence-corrected chi connectivity index (χ0v) is 13.0. The predicted octanol–water partition coefficient (Wildman–Crippen LogP) is 5.55. The molecule has 0 aliphatic rings. The highest BCUT2D eigenvalue weighted by Crippen LogP contribution is 2.30. The highest BCUT2D eigenvalue weighted by Gasteiger charge is 2.19. The van der Waals surface area contributed by atoms with Gasteiger partial charge in [0.2, 0.25) is 0 Å². The molecule has 0 amide bonds. The van der Waals surface area contributed by atoms with Crippen molar-refractivity contribution in [2.75, 3.05) is 0 Å². The van der Waals surface area contributed by atoms with Crippen LogP contribution in [0.2, 0.25) is 0 Å². The Bertz CT molecular complexity index is 574. The van der Waals surface area contributed by atoms with Crippen LogP contribution < -0.4 is 0 Å². The van der Waals surface area contributed by atoms with Gasteiger partial charge < -0.3 is 0 Å². The third-order valence-corrected chi connectivity index (χ3v) is 4.24. The first-order valence-corrected chi connectivity index (χ1v) is 7.74. The Kier molecular flexibility index (Phi) is 4.10. The largest absolute Gasteiger partial charge is 0.294 e. The lowest BCUT2D eigenvalue weighted by Crippen LogP contribution is -2.14. The fourth-order valence-electron chi connectivity index (χ4n) is 2.74. The average molecular weight is 274 g/mol. The summed E-state index contributed by atoms with van der Waals surface area (Å²) in [5.74, 6) is 0.723. The summed E-state index contributed by atoms with van der Waals surface area (Å²) in [5, 5.41) is 3.12. The monoisotopic (exact) mass is 274 g/mol. The number of benzene rings is 1. The van der Waals surface area contributed by atoms with Gasteiger partial charge in [-0.3, -0.25) is 4.79 Å². The number of rotatable bonds is 4. The van der Waals surface area contributed by atoms with E-state index in [2.05, 4.69) is 33.8 Å². The van der Waals surface area contributed by atoms with E-state index in [0.717, 1.165) is 17.4 Å². The van der Waals surface area contributed by atoms with Crippen LogP contribution in [-0.2, 0) is 0 Å². The van der Waals surface area contributed by atoms with Gasteiger partial charge >= 0.3 is 0 Å². The topological polar surface area (TPSA) is 17.1 Å². The number of fused-ring (bicyclic) bond motifs is 1. The van der Waals surface area contributed by atoms with E-state index < -0.39 is 0 Å². The molecule has 2 rings (SSSR count). The van der Waals surface area contributed by atoms with Gasteiger partial charge in [-0.1, -0.05) is 45.9 Å². The molecular formula is C17H22OS.